The molecule has 3 aromatic carbocycles. The highest BCUT2D eigenvalue weighted by Crippen LogP contribution is 2.38. The average Bonchev–Trinajstić information content (AvgIpc) is 3.48. The molecule has 0 radical (unpaired) electrons. The van der Waals surface area contributed by atoms with Gasteiger partial charge in [0, 0.05) is 38.1 Å². The fourth-order valence-electron chi connectivity index (χ4n) is 5.18. The summed E-state index contributed by atoms with van der Waals surface area (Å²) in [4.78, 5) is 30.6. The van der Waals surface area contributed by atoms with E-state index in [4.69, 9.17) is 23.2 Å². The number of carboxylic acid groups (broad SMARTS) is 1. The van der Waals surface area contributed by atoms with Gasteiger partial charge in [0.1, 0.15) is 11.4 Å². The van der Waals surface area contributed by atoms with Crippen molar-refractivity contribution in [2.75, 3.05) is 36.0 Å². The maximum Gasteiger partial charge on any atom is 0.341 e. The minimum absolute atomic E-state index is 0.0325. The molecule has 5 aromatic rings. The van der Waals surface area contributed by atoms with Crippen LogP contribution in [0.3, 0.4) is 0 Å². The number of hydrogen-bond acceptors (Lipinski definition) is 6. The number of aromatic carboxylic acids is 1. The molecule has 9 nitrogen and oxygen atoms in total. The maximum atomic E-state index is 15.7. The normalized spacial score (nSPS) is 13.6. The lowest BCUT2D eigenvalue weighted by atomic mass is 10.1. The lowest BCUT2D eigenvalue weighted by Crippen LogP contribution is -2.47. The van der Waals surface area contributed by atoms with Gasteiger partial charge in [0.2, 0.25) is 5.43 Å². The summed E-state index contributed by atoms with van der Waals surface area (Å²) in [6.45, 7) is 2.51. The smallest absolute Gasteiger partial charge is 0.341 e. The van der Waals surface area contributed by atoms with E-state index in [-0.39, 0.29) is 21.6 Å². The zero-order valence-corrected chi connectivity index (χ0v) is 23.1. The summed E-state index contributed by atoms with van der Waals surface area (Å²) < 4.78 is 17.2. The number of halogens is 3. The van der Waals surface area contributed by atoms with Crippen molar-refractivity contribution < 1.29 is 14.3 Å². The van der Waals surface area contributed by atoms with Crippen molar-refractivity contribution in [1.29, 1.82) is 0 Å². The third-order valence-electron chi connectivity index (χ3n) is 7.18. The second-order valence-corrected chi connectivity index (χ2v) is 10.4. The van der Waals surface area contributed by atoms with E-state index in [1.165, 1.54) is 15.6 Å². The number of carbonyl (C=O) groups is 1. The Balaban J connectivity index is 1.41. The van der Waals surface area contributed by atoms with Crippen molar-refractivity contribution in [1.82, 2.24) is 19.6 Å². The van der Waals surface area contributed by atoms with Crippen molar-refractivity contribution in [2.45, 2.75) is 6.54 Å². The van der Waals surface area contributed by atoms with Crippen molar-refractivity contribution in [3.8, 4) is 5.69 Å². The number of nitrogens with zero attached hydrogens (tertiary/aromatic N) is 6. The Morgan fingerprint density at radius 2 is 1.61 bits per heavy atom. The Bertz CT molecular complexity index is 1820. The molecule has 12 heteroatoms. The minimum Gasteiger partial charge on any atom is -0.477 e. The summed E-state index contributed by atoms with van der Waals surface area (Å²) in [6.07, 6.45) is 4.41. The molecule has 0 saturated carbocycles. The molecule has 0 spiro atoms. The molecule has 0 atom stereocenters. The summed E-state index contributed by atoms with van der Waals surface area (Å²) >= 11 is 13.3. The number of anilines is 2. The quantitative estimate of drug-likeness (QED) is 0.293. The molecule has 3 heterocycles. The Labute approximate surface area is 243 Å². The van der Waals surface area contributed by atoms with Crippen LogP contribution in [-0.4, -0.2) is 56.8 Å². The van der Waals surface area contributed by atoms with Gasteiger partial charge in [-0.25, -0.2) is 9.18 Å². The van der Waals surface area contributed by atoms with Crippen LogP contribution in [-0.2, 0) is 6.54 Å². The SMILES string of the molecule is O=C(O)c1cn(-c2ccc(Cn3nccn3)cc2)c2c(Cl)c(N3CCN(c4ccccc4Cl)CC3)c(F)cc2c1=O. The third-order valence-corrected chi connectivity index (χ3v) is 7.86. The van der Waals surface area contributed by atoms with Crippen LogP contribution in [0, 0.1) is 5.82 Å². The van der Waals surface area contributed by atoms with Crippen molar-refractivity contribution in [3.63, 3.8) is 0 Å². The third kappa shape index (κ3) is 5.00. The Morgan fingerprint density at radius 1 is 0.951 bits per heavy atom. The molecule has 0 unspecified atom stereocenters. The number of hydrogen-bond donors (Lipinski definition) is 1. The second kappa shape index (κ2) is 10.9. The molecular formula is C29H23Cl2FN6O3. The number of pyridine rings is 1. The van der Waals surface area contributed by atoms with Gasteiger partial charge < -0.3 is 19.5 Å². The molecule has 1 aliphatic rings. The lowest BCUT2D eigenvalue weighted by Gasteiger charge is -2.38. The largest absolute Gasteiger partial charge is 0.477 e. The first-order valence-corrected chi connectivity index (χ1v) is 13.6. The van der Waals surface area contributed by atoms with E-state index < -0.39 is 22.8 Å². The number of para-hydroxylation sites is 1. The lowest BCUT2D eigenvalue weighted by molar-refractivity contribution is 0.0695. The van der Waals surface area contributed by atoms with Crippen molar-refractivity contribution in [3.05, 3.63) is 110 Å². The molecule has 1 N–H and O–H groups in total. The molecule has 41 heavy (non-hydrogen) atoms. The molecule has 0 amide bonds. The summed E-state index contributed by atoms with van der Waals surface area (Å²) in [5.74, 6) is -2.11. The summed E-state index contributed by atoms with van der Waals surface area (Å²) in [5.41, 5.74) is 1.46. The van der Waals surface area contributed by atoms with Gasteiger partial charge in [0.05, 0.1) is 51.3 Å². The van der Waals surface area contributed by atoms with E-state index in [1.807, 2.05) is 41.3 Å². The minimum atomic E-state index is -1.41. The van der Waals surface area contributed by atoms with Gasteiger partial charge in [0.15, 0.2) is 0 Å². The van der Waals surface area contributed by atoms with Crippen LogP contribution in [0.15, 0.2) is 78.0 Å². The fraction of sp³-hybridized carbons (Fsp3) is 0.172. The van der Waals surface area contributed by atoms with Crippen LogP contribution in [0.1, 0.15) is 15.9 Å². The van der Waals surface area contributed by atoms with Crippen LogP contribution < -0.4 is 15.2 Å². The first kappa shape index (κ1) is 26.8. The summed E-state index contributed by atoms with van der Waals surface area (Å²) in [6, 6.07) is 15.9. The predicted octanol–water partition coefficient (Wildman–Crippen LogP) is 5.10. The van der Waals surface area contributed by atoms with Gasteiger partial charge in [-0.1, -0.05) is 47.5 Å². The highest BCUT2D eigenvalue weighted by Gasteiger charge is 2.27. The van der Waals surface area contributed by atoms with Crippen LogP contribution >= 0.6 is 23.2 Å². The van der Waals surface area contributed by atoms with Crippen LogP contribution in [0.5, 0.6) is 0 Å². The first-order valence-electron chi connectivity index (χ1n) is 12.8. The van der Waals surface area contributed by atoms with Gasteiger partial charge in [-0.2, -0.15) is 15.0 Å². The summed E-state index contributed by atoms with van der Waals surface area (Å²) in [5, 5.41) is 18.5. The predicted molar refractivity (Wildman–Crippen MR) is 156 cm³/mol. The van der Waals surface area contributed by atoms with Crippen molar-refractivity contribution in [2.24, 2.45) is 0 Å². The van der Waals surface area contributed by atoms with Gasteiger partial charge in [-0.3, -0.25) is 4.79 Å². The molecule has 1 aliphatic heterocycles. The number of fused-ring (bicyclic) bond motifs is 1. The van der Waals surface area contributed by atoms with Gasteiger partial charge >= 0.3 is 5.97 Å². The van der Waals surface area contributed by atoms with Gasteiger partial charge in [-0.15, -0.1) is 0 Å². The highest BCUT2D eigenvalue weighted by molar-refractivity contribution is 6.38. The number of benzene rings is 3. The average molecular weight is 593 g/mol. The van der Waals surface area contributed by atoms with Crippen molar-refractivity contribution >= 4 is 51.4 Å². The molecular weight excluding hydrogens is 570 g/mol. The Kier molecular flexibility index (Phi) is 7.10. The van der Waals surface area contributed by atoms with E-state index >= 15 is 4.39 Å². The molecule has 1 saturated heterocycles. The molecule has 0 bridgehead atoms. The van der Waals surface area contributed by atoms with E-state index in [0.29, 0.717) is 43.4 Å². The fourth-order valence-corrected chi connectivity index (χ4v) is 5.84. The first-order chi connectivity index (χ1) is 19.8. The molecule has 0 aliphatic carbocycles. The van der Waals surface area contributed by atoms with Gasteiger partial charge in [0.25, 0.3) is 0 Å². The monoisotopic (exact) mass is 592 g/mol. The number of rotatable bonds is 6. The summed E-state index contributed by atoms with van der Waals surface area (Å²) in [7, 11) is 0. The topological polar surface area (TPSA) is 96.5 Å². The molecule has 208 valence electrons. The molecule has 2 aromatic heterocycles. The van der Waals surface area contributed by atoms with Crippen LogP contribution in [0.4, 0.5) is 15.8 Å². The number of aromatic nitrogens is 4. The van der Waals surface area contributed by atoms with Crippen LogP contribution in [0.2, 0.25) is 10.0 Å². The second-order valence-electron chi connectivity index (χ2n) is 9.62. The zero-order chi connectivity index (χ0) is 28.7. The number of carboxylic acids is 1. The number of piperazine rings is 1. The van der Waals surface area contributed by atoms with E-state index in [9.17, 15) is 14.7 Å². The van der Waals surface area contributed by atoms with E-state index in [2.05, 4.69) is 15.1 Å². The highest BCUT2D eigenvalue weighted by atomic mass is 35.5. The van der Waals surface area contributed by atoms with E-state index in [1.54, 1.807) is 24.5 Å². The van der Waals surface area contributed by atoms with E-state index in [0.717, 1.165) is 17.3 Å². The van der Waals surface area contributed by atoms with Gasteiger partial charge in [-0.05, 0) is 35.9 Å². The zero-order valence-electron chi connectivity index (χ0n) is 21.5. The van der Waals surface area contributed by atoms with Crippen LogP contribution in [0.25, 0.3) is 16.6 Å². The molecule has 6 rings (SSSR count). The molecule has 1 fully saturated rings. The Morgan fingerprint density at radius 3 is 2.27 bits per heavy atom. The standard InChI is InChI=1S/C29H23Cl2FN6O3/c30-22-3-1-2-4-24(22)35-11-13-36(14-12-35)27-23(32)15-20-26(25(27)31)37(17-21(28(20)39)29(40)41)19-7-5-18(6-8-19)16-38-33-9-10-34-38/h1-10,15,17H,11-14,16H2,(H,40,41). The Hall–Kier alpha value is -4.41. The maximum absolute atomic E-state index is 15.7.